The van der Waals surface area contributed by atoms with Gasteiger partial charge in [0, 0.05) is 12.2 Å². The van der Waals surface area contributed by atoms with E-state index in [4.69, 9.17) is 4.74 Å². The predicted octanol–water partition coefficient (Wildman–Crippen LogP) is 4.85. The normalized spacial score (nSPS) is 18.0. The second-order valence-corrected chi connectivity index (χ2v) is 8.37. The number of piperidine rings is 1. The van der Waals surface area contributed by atoms with Gasteiger partial charge in [0.1, 0.15) is 11.6 Å². The molecule has 1 aromatic rings. The van der Waals surface area contributed by atoms with Crippen molar-refractivity contribution >= 4 is 17.7 Å². The summed E-state index contributed by atoms with van der Waals surface area (Å²) >= 11 is 0. The molecule has 1 aromatic carbocycles. The number of rotatable bonds is 3. The topological polar surface area (TPSA) is 58.6 Å². The van der Waals surface area contributed by atoms with Crippen LogP contribution < -0.4 is 5.32 Å². The monoisotopic (exact) mass is 360 g/mol. The number of benzene rings is 1. The third-order valence-electron chi connectivity index (χ3n) is 4.61. The lowest BCUT2D eigenvalue weighted by Gasteiger charge is -2.36. The minimum absolute atomic E-state index is 0.133. The summed E-state index contributed by atoms with van der Waals surface area (Å²) in [6.45, 7) is 12.3. The first-order valence-corrected chi connectivity index (χ1v) is 9.50. The first-order valence-electron chi connectivity index (χ1n) is 9.50. The Kier molecular flexibility index (Phi) is 6.32. The highest BCUT2D eigenvalue weighted by atomic mass is 16.6. The minimum Gasteiger partial charge on any atom is -0.444 e. The summed E-state index contributed by atoms with van der Waals surface area (Å²) in [5.74, 6) is 0.172. The molecule has 0 bridgehead atoms. The van der Waals surface area contributed by atoms with Crippen molar-refractivity contribution in [2.24, 2.45) is 0 Å². The van der Waals surface area contributed by atoms with E-state index < -0.39 is 17.7 Å². The number of hydrogen-bond acceptors (Lipinski definition) is 3. The molecule has 1 aliphatic heterocycles. The van der Waals surface area contributed by atoms with Gasteiger partial charge in [-0.2, -0.15) is 0 Å². The van der Waals surface area contributed by atoms with Gasteiger partial charge in [0.15, 0.2) is 0 Å². The Morgan fingerprint density at radius 1 is 1.23 bits per heavy atom. The van der Waals surface area contributed by atoms with E-state index in [1.807, 2.05) is 45.9 Å². The van der Waals surface area contributed by atoms with Gasteiger partial charge in [-0.15, -0.1) is 0 Å². The zero-order chi connectivity index (χ0) is 19.5. The van der Waals surface area contributed by atoms with Gasteiger partial charge in [0.05, 0.1) is 0 Å². The van der Waals surface area contributed by atoms with Crippen LogP contribution in [0.5, 0.6) is 0 Å². The lowest BCUT2D eigenvalue weighted by molar-refractivity contribution is -0.122. The maximum absolute atomic E-state index is 13.0. The number of nitrogens with one attached hydrogen (secondary N) is 1. The summed E-state index contributed by atoms with van der Waals surface area (Å²) in [4.78, 5) is 27.1. The Balaban J connectivity index is 2.21. The average Bonchev–Trinajstić information content (AvgIpc) is 2.54. The minimum atomic E-state index is -0.573. The van der Waals surface area contributed by atoms with E-state index in [-0.39, 0.29) is 5.91 Å². The first kappa shape index (κ1) is 20.3. The molecule has 1 fully saturated rings. The van der Waals surface area contributed by atoms with Crippen LogP contribution in [0.1, 0.15) is 70.9 Å². The lowest BCUT2D eigenvalue weighted by atomic mass is 9.97. The Morgan fingerprint density at radius 2 is 1.92 bits per heavy atom. The van der Waals surface area contributed by atoms with Crippen LogP contribution >= 0.6 is 0 Å². The SMILES string of the molecule is Cc1cccc(C(C)C)c1NC(=O)[C@H]1CCCCN1C(=O)OC(C)(C)C. The van der Waals surface area contributed by atoms with Crippen LogP contribution in [0.15, 0.2) is 18.2 Å². The number of hydrogen-bond donors (Lipinski definition) is 1. The molecule has 0 saturated carbocycles. The van der Waals surface area contributed by atoms with Crippen molar-refractivity contribution in [2.45, 2.75) is 78.4 Å². The number of para-hydroxylation sites is 1. The van der Waals surface area contributed by atoms with Crippen molar-refractivity contribution in [3.05, 3.63) is 29.3 Å². The molecule has 2 amide bonds. The fraction of sp³-hybridized carbons (Fsp3) is 0.619. The molecule has 1 heterocycles. The molecule has 0 aromatic heterocycles. The largest absolute Gasteiger partial charge is 0.444 e. The molecule has 5 heteroatoms. The number of likely N-dealkylation sites (tertiary alicyclic amines) is 1. The summed E-state index contributed by atoms with van der Waals surface area (Å²) < 4.78 is 5.50. The van der Waals surface area contributed by atoms with E-state index in [1.165, 1.54) is 0 Å². The molecule has 1 atom stereocenters. The van der Waals surface area contributed by atoms with Crippen molar-refractivity contribution in [1.29, 1.82) is 0 Å². The van der Waals surface area contributed by atoms with Gasteiger partial charge in [-0.25, -0.2) is 4.79 Å². The Labute approximate surface area is 157 Å². The van der Waals surface area contributed by atoms with E-state index >= 15 is 0 Å². The van der Waals surface area contributed by atoms with E-state index in [2.05, 4.69) is 19.2 Å². The van der Waals surface area contributed by atoms with Crippen LogP contribution in [0.3, 0.4) is 0 Å². The van der Waals surface area contributed by atoms with Crippen molar-refractivity contribution in [3.63, 3.8) is 0 Å². The summed E-state index contributed by atoms with van der Waals surface area (Å²) in [5.41, 5.74) is 2.43. The van der Waals surface area contributed by atoms with E-state index in [1.54, 1.807) is 4.90 Å². The van der Waals surface area contributed by atoms with Crippen molar-refractivity contribution in [1.82, 2.24) is 4.90 Å². The van der Waals surface area contributed by atoms with Crippen LogP contribution in [0, 0.1) is 6.92 Å². The second kappa shape index (κ2) is 8.11. The molecule has 0 aliphatic carbocycles. The number of nitrogens with zero attached hydrogens (tertiary/aromatic N) is 1. The molecule has 0 unspecified atom stereocenters. The van der Waals surface area contributed by atoms with Crippen molar-refractivity contribution in [2.75, 3.05) is 11.9 Å². The number of carbonyl (C=O) groups excluding carboxylic acids is 2. The lowest BCUT2D eigenvalue weighted by Crippen LogP contribution is -2.51. The Bertz CT molecular complexity index is 662. The second-order valence-electron chi connectivity index (χ2n) is 8.37. The summed E-state index contributed by atoms with van der Waals surface area (Å²) in [6, 6.07) is 5.56. The molecule has 26 heavy (non-hydrogen) atoms. The van der Waals surface area contributed by atoms with Gasteiger partial charge < -0.3 is 10.1 Å². The summed E-state index contributed by atoms with van der Waals surface area (Å²) in [7, 11) is 0. The van der Waals surface area contributed by atoms with Gasteiger partial charge in [-0.3, -0.25) is 9.69 Å². The molecule has 1 aliphatic rings. The number of aryl methyl sites for hydroxylation is 1. The van der Waals surface area contributed by atoms with Gasteiger partial charge >= 0.3 is 6.09 Å². The molecule has 1 N–H and O–H groups in total. The number of ether oxygens (including phenoxy) is 1. The molecule has 144 valence electrons. The standard InChI is InChI=1S/C21H32N2O3/c1-14(2)16-11-9-10-15(3)18(16)22-19(24)17-12-7-8-13-23(17)20(25)26-21(4,5)6/h9-11,14,17H,7-8,12-13H2,1-6H3,(H,22,24)/t17-/m1/s1. The highest BCUT2D eigenvalue weighted by Gasteiger charge is 2.35. The van der Waals surface area contributed by atoms with Gasteiger partial charge in [-0.1, -0.05) is 32.0 Å². The van der Waals surface area contributed by atoms with Gasteiger partial charge in [-0.05, 0) is 64.0 Å². The van der Waals surface area contributed by atoms with E-state index in [0.717, 1.165) is 29.7 Å². The number of carbonyl (C=O) groups is 2. The molecular formula is C21H32N2O3. The summed E-state index contributed by atoms with van der Waals surface area (Å²) in [6.07, 6.45) is 2.08. The molecule has 2 rings (SSSR count). The van der Waals surface area contributed by atoms with Crippen molar-refractivity contribution < 1.29 is 14.3 Å². The smallest absolute Gasteiger partial charge is 0.410 e. The fourth-order valence-corrected chi connectivity index (χ4v) is 3.29. The molecular weight excluding hydrogens is 328 g/mol. The first-order chi connectivity index (χ1) is 12.1. The van der Waals surface area contributed by atoms with Crippen molar-refractivity contribution in [3.8, 4) is 0 Å². The zero-order valence-electron chi connectivity index (χ0n) is 16.9. The quantitative estimate of drug-likeness (QED) is 0.838. The maximum atomic E-state index is 13.0. The average molecular weight is 360 g/mol. The van der Waals surface area contributed by atoms with E-state index in [0.29, 0.717) is 18.9 Å². The Morgan fingerprint density at radius 3 is 2.54 bits per heavy atom. The third-order valence-corrected chi connectivity index (χ3v) is 4.61. The van der Waals surface area contributed by atoms with Gasteiger partial charge in [0.25, 0.3) is 0 Å². The van der Waals surface area contributed by atoms with Crippen LogP contribution in [-0.4, -0.2) is 35.1 Å². The number of amides is 2. The van der Waals surface area contributed by atoms with Crippen LogP contribution in [0.2, 0.25) is 0 Å². The molecule has 1 saturated heterocycles. The highest BCUT2D eigenvalue weighted by molar-refractivity contribution is 5.98. The fourth-order valence-electron chi connectivity index (χ4n) is 3.29. The zero-order valence-corrected chi connectivity index (χ0v) is 16.9. The Hall–Kier alpha value is -2.04. The third kappa shape index (κ3) is 4.99. The molecule has 0 radical (unpaired) electrons. The van der Waals surface area contributed by atoms with Gasteiger partial charge in [0.2, 0.25) is 5.91 Å². The molecule has 0 spiro atoms. The number of anilines is 1. The highest BCUT2D eigenvalue weighted by Crippen LogP contribution is 2.29. The van der Waals surface area contributed by atoms with Crippen LogP contribution in [-0.2, 0) is 9.53 Å². The maximum Gasteiger partial charge on any atom is 0.410 e. The molecule has 5 nitrogen and oxygen atoms in total. The predicted molar refractivity (Wildman–Crippen MR) is 104 cm³/mol. The van der Waals surface area contributed by atoms with Crippen LogP contribution in [0.25, 0.3) is 0 Å². The van der Waals surface area contributed by atoms with E-state index in [9.17, 15) is 9.59 Å². The summed E-state index contributed by atoms with van der Waals surface area (Å²) in [5, 5.41) is 3.09. The van der Waals surface area contributed by atoms with Crippen LogP contribution in [0.4, 0.5) is 10.5 Å².